The van der Waals surface area contributed by atoms with Gasteiger partial charge in [0.15, 0.2) is 0 Å². The number of nitrogens with zero attached hydrogens (tertiary/aromatic N) is 2. The number of rotatable bonds is 5. The van der Waals surface area contributed by atoms with Crippen LogP contribution in [0.2, 0.25) is 0 Å². The molecule has 2 rings (SSSR count). The van der Waals surface area contributed by atoms with E-state index >= 15 is 0 Å². The predicted molar refractivity (Wildman–Crippen MR) is 61.5 cm³/mol. The zero-order chi connectivity index (χ0) is 10.8. The Morgan fingerprint density at radius 3 is 2.87 bits per heavy atom. The molecule has 1 atom stereocenters. The maximum absolute atomic E-state index is 4.33. The van der Waals surface area contributed by atoms with Crippen LogP contribution in [-0.2, 0) is 13.6 Å². The van der Waals surface area contributed by atoms with Crippen LogP contribution in [0.3, 0.4) is 0 Å². The maximum atomic E-state index is 4.33. The highest BCUT2D eigenvalue weighted by Crippen LogP contribution is 2.36. The summed E-state index contributed by atoms with van der Waals surface area (Å²) in [4.78, 5) is 0. The lowest BCUT2D eigenvalue weighted by atomic mass is 10.1. The van der Waals surface area contributed by atoms with Gasteiger partial charge in [0.25, 0.3) is 0 Å². The molecule has 0 spiro atoms. The van der Waals surface area contributed by atoms with Crippen LogP contribution >= 0.6 is 0 Å². The molecule has 1 aromatic heterocycles. The summed E-state index contributed by atoms with van der Waals surface area (Å²) in [6, 6.07) is 2.15. The molecule has 0 saturated heterocycles. The highest BCUT2D eigenvalue weighted by molar-refractivity contribution is 5.08. The molecule has 3 nitrogen and oxygen atoms in total. The van der Waals surface area contributed by atoms with Gasteiger partial charge in [-0.1, -0.05) is 6.92 Å². The number of nitrogens with one attached hydrogen (secondary N) is 1. The second-order valence-electron chi connectivity index (χ2n) is 4.85. The van der Waals surface area contributed by atoms with Crippen LogP contribution in [0.4, 0.5) is 0 Å². The monoisotopic (exact) mass is 207 g/mol. The second kappa shape index (κ2) is 4.35. The molecule has 0 aliphatic heterocycles. The number of aromatic nitrogens is 2. The molecule has 3 heteroatoms. The van der Waals surface area contributed by atoms with E-state index in [0.29, 0.717) is 0 Å². The van der Waals surface area contributed by atoms with Crippen molar-refractivity contribution in [2.24, 2.45) is 18.9 Å². The van der Waals surface area contributed by atoms with Crippen molar-refractivity contribution in [2.75, 3.05) is 6.54 Å². The van der Waals surface area contributed by atoms with Gasteiger partial charge in [-0.15, -0.1) is 0 Å². The van der Waals surface area contributed by atoms with E-state index in [4.69, 9.17) is 0 Å². The first-order valence-electron chi connectivity index (χ1n) is 5.87. The van der Waals surface area contributed by atoms with Gasteiger partial charge in [-0.2, -0.15) is 5.10 Å². The van der Waals surface area contributed by atoms with E-state index in [0.717, 1.165) is 30.6 Å². The Labute approximate surface area is 91.9 Å². The van der Waals surface area contributed by atoms with E-state index in [1.165, 1.54) is 18.5 Å². The van der Waals surface area contributed by atoms with Gasteiger partial charge in [-0.25, -0.2) is 0 Å². The van der Waals surface area contributed by atoms with Gasteiger partial charge in [-0.05, 0) is 44.2 Å². The van der Waals surface area contributed by atoms with E-state index in [-0.39, 0.29) is 0 Å². The van der Waals surface area contributed by atoms with E-state index in [1.54, 1.807) is 0 Å². The van der Waals surface area contributed by atoms with Gasteiger partial charge in [0, 0.05) is 13.6 Å². The lowest BCUT2D eigenvalue weighted by Crippen LogP contribution is -2.23. The lowest BCUT2D eigenvalue weighted by molar-refractivity contribution is 0.456. The molecule has 0 bridgehead atoms. The van der Waals surface area contributed by atoms with Crippen molar-refractivity contribution in [3.8, 4) is 0 Å². The van der Waals surface area contributed by atoms with Gasteiger partial charge in [0.2, 0.25) is 0 Å². The van der Waals surface area contributed by atoms with E-state index in [9.17, 15) is 0 Å². The normalized spacial score (nSPS) is 18.1. The summed E-state index contributed by atoms with van der Waals surface area (Å²) in [5.41, 5.74) is 2.38. The fraction of sp³-hybridized carbons (Fsp3) is 0.750. The lowest BCUT2D eigenvalue weighted by Gasteiger charge is -2.11. The van der Waals surface area contributed by atoms with Gasteiger partial charge in [-0.3, -0.25) is 4.68 Å². The molecule has 0 amide bonds. The van der Waals surface area contributed by atoms with Crippen LogP contribution in [0.15, 0.2) is 6.07 Å². The van der Waals surface area contributed by atoms with E-state index in [1.807, 2.05) is 18.7 Å². The summed E-state index contributed by atoms with van der Waals surface area (Å²) >= 11 is 0. The molecule has 0 aromatic carbocycles. The Morgan fingerprint density at radius 2 is 2.33 bits per heavy atom. The third kappa shape index (κ3) is 2.81. The van der Waals surface area contributed by atoms with Crippen molar-refractivity contribution in [1.29, 1.82) is 0 Å². The maximum Gasteiger partial charge on any atom is 0.0597 e. The summed E-state index contributed by atoms with van der Waals surface area (Å²) in [7, 11) is 2.01. The van der Waals surface area contributed by atoms with Crippen molar-refractivity contribution in [1.82, 2.24) is 15.1 Å². The Morgan fingerprint density at radius 1 is 1.60 bits per heavy atom. The minimum Gasteiger partial charge on any atom is -0.311 e. The van der Waals surface area contributed by atoms with Crippen molar-refractivity contribution in [3.05, 3.63) is 17.5 Å². The molecule has 1 saturated carbocycles. The average molecular weight is 207 g/mol. The average Bonchev–Trinajstić information content (AvgIpc) is 2.94. The zero-order valence-electron chi connectivity index (χ0n) is 9.95. The Hall–Kier alpha value is -0.830. The molecule has 1 heterocycles. The Kier molecular flexibility index (Phi) is 3.10. The Bertz CT molecular complexity index is 326. The van der Waals surface area contributed by atoms with Crippen LogP contribution in [0.1, 0.15) is 31.2 Å². The molecular weight excluding hydrogens is 186 g/mol. The third-order valence-corrected chi connectivity index (χ3v) is 3.30. The molecule has 84 valence electrons. The third-order valence-electron chi connectivity index (χ3n) is 3.30. The standard InChI is InChI=1S/C12H21N3/c1-9(11-4-5-11)7-13-8-12-6-10(2)14-15(12)3/h6,9,11,13H,4-5,7-8H2,1-3H3. The van der Waals surface area contributed by atoms with Gasteiger partial charge < -0.3 is 5.32 Å². The topological polar surface area (TPSA) is 29.9 Å². The number of aryl methyl sites for hydroxylation is 2. The SMILES string of the molecule is Cc1cc(CNCC(C)C2CC2)n(C)n1. The molecule has 1 N–H and O–H groups in total. The first-order valence-corrected chi connectivity index (χ1v) is 5.87. The van der Waals surface area contributed by atoms with Crippen molar-refractivity contribution >= 4 is 0 Å². The molecule has 1 fully saturated rings. The van der Waals surface area contributed by atoms with Crippen LogP contribution in [0, 0.1) is 18.8 Å². The Balaban J connectivity index is 1.75. The largest absolute Gasteiger partial charge is 0.311 e. The van der Waals surface area contributed by atoms with Gasteiger partial charge in [0.1, 0.15) is 0 Å². The van der Waals surface area contributed by atoms with E-state index in [2.05, 4.69) is 23.4 Å². The minimum absolute atomic E-state index is 0.833. The van der Waals surface area contributed by atoms with Crippen LogP contribution in [-0.4, -0.2) is 16.3 Å². The molecule has 0 radical (unpaired) electrons. The summed E-state index contributed by atoms with van der Waals surface area (Å²) in [5.74, 6) is 1.82. The van der Waals surface area contributed by atoms with Crippen molar-refractivity contribution < 1.29 is 0 Å². The first-order chi connectivity index (χ1) is 7.16. The number of hydrogen-bond acceptors (Lipinski definition) is 2. The minimum atomic E-state index is 0.833. The summed E-state index contributed by atoms with van der Waals surface area (Å²) in [6.45, 7) is 6.46. The van der Waals surface area contributed by atoms with E-state index < -0.39 is 0 Å². The quantitative estimate of drug-likeness (QED) is 0.798. The highest BCUT2D eigenvalue weighted by atomic mass is 15.3. The van der Waals surface area contributed by atoms with Gasteiger partial charge in [0.05, 0.1) is 11.4 Å². The summed E-state index contributed by atoms with van der Waals surface area (Å²) in [5, 5.41) is 7.85. The van der Waals surface area contributed by atoms with Crippen molar-refractivity contribution in [2.45, 2.75) is 33.2 Å². The number of hydrogen-bond donors (Lipinski definition) is 1. The first kappa shape index (κ1) is 10.7. The van der Waals surface area contributed by atoms with Crippen LogP contribution < -0.4 is 5.32 Å². The molecule has 1 aliphatic rings. The molecule has 1 aromatic rings. The molecule has 1 aliphatic carbocycles. The summed E-state index contributed by atoms with van der Waals surface area (Å²) < 4.78 is 1.96. The molecule has 1 unspecified atom stereocenters. The predicted octanol–water partition coefficient (Wildman–Crippen LogP) is 1.86. The highest BCUT2D eigenvalue weighted by Gasteiger charge is 2.27. The fourth-order valence-corrected chi connectivity index (χ4v) is 2.09. The molecule has 15 heavy (non-hydrogen) atoms. The second-order valence-corrected chi connectivity index (χ2v) is 4.85. The van der Waals surface area contributed by atoms with Gasteiger partial charge >= 0.3 is 0 Å². The zero-order valence-corrected chi connectivity index (χ0v) is 9.95. The van der Waals surface area contributed by atoms with Crippen LogP contribution in [0.25, 0.3) is 0 Å². The smallest absolute Gasteiger partial charge is 0.0597 e. The van der Waals surface area contributed by atoms with Crippen LogP contribution in [0.5, 0.6) is 0 Å². The summed E-state index contributed by atoms with van der Waals surface area (Å²) in [6.07, 6.45) is 2.88. The van der Waals surface area contributed by atoms with Crippen molar-refractivity contribution in [3.63, 3.8) is 0 Å². The molecular formula is C12H21N3. The fourth-order valence-electron chi connectivity index (χ4n) is 2.09.